The summed E-state index contributed by atoms with van der Waals surface area (Å²) in [7, 11) is 1.53. The monoisotopic (exact) mass is 602 g/mol. The van der Waals surface area contributed by atoms with E-state index in [0.29, 0.717) is 29.2 Å². The van der Waals surface area contributed by atoms with Gasteiger partial charge in [0.15, 0.2) is 11.5 Å². The lowest BCUT2D eigenvalue weighted by Crippen LogP contribution is -2.27. The summed E-state index contributed by atoms with van der Waals surface area (Å²) in [5.41, 5.74) is 2.10. The topological polar surface area (TPSA) is 99.0 Å². The van der Waals surface area contributed by atoms with Crippen molar-refractivity contribution in [2.24, 2.45) is 0 Å². The van der Waals surface area contributed by atoms with Gasteiger partial charge in [0.25, 0.3) is 16.8 Å². The molecule has 0 N–H and O–H groups in total. The number of benzene rings is 3. The maximum atomic E-state index is 12.9. The molecule has 0 saturated carbocycles. The first-order chi connectivity index (χ1) is 16.8. The van der Waals surface area contributed by atoms with Crippen molar-refractivity contribution in [3.05, 3.63) is 102 Å². The Bertz CT molecular complexity index is 1330. The van der Waals surface area contributed by atoms with Crippen LogP contribution in [0, 0.1) is 13.7 Å². The summed E-state index contributed by atoms with van der Waals surface area (Å²) in [5, 5.41) is 10.6. The molecule has 1 heterocycles. The van der Waals surface area contributed by atoms with Crippen LogP contribution >= 0.6 is 34.4 Å². The van der Waals surface area contributed by atoms with Gasteiger partial charge < -0.3 is 9.47 Å². The van der Waals surface area contributed by atoms with E-state index >= 15 is 0 Å². The van der Waals surface area contributed by atoms with Crippen LogP contribution in [0.1, 0.15) is 16.7 Å². The van der Waals surface area contributed by atoms with E-state index in [9.17, 15) is 19.7 Å². The number of nitro groups is 1. The number of imide groups is 1. The minimum Gasteiger partial charge on any atom is -0.493 e. The Morgan fingerprint density at radius 1 is 1.03 bits per heavy atom. The zero-order chi connectivity index (χ0) is 24.9. The number of carbonyl (C=O) groups excluding carboxylic acids is 2. The normalized spacial score (nSPS) is 14.5. The lowest BCUT2D eigenvalue weighted by atomic mass is 10.1. The van der Waals surface area contributed by atoms with Crippen LogP contribution in [0.5, 0.6) is 11.5 Å². The molecule has 4 rings (SSSR count). The van der Waals surface area contributed by atoms with E-state index in [2.05, 4.69) is 22.6 Å². The highest BCUT2D eigenvalue weighted by atomic mass is 127. The third-order valence-corrected chi connectivity index (χ3v) is 6.76. The third kappa shape index (κ3) is 6.01. The molecule has 0 bridgehead atoms. The number of nitro benzene ring substituents is 1. The van der Waals surface area contributed by atoms with Crippen LogP contribution in [-0.4, -0.2) is 28.1 Å². The van der Waals surface area contributed by atoms with Gasteiger partial charge >= 0.3 is 0 Å². The fraction of sp³-hybridized carbons (Fsp3) is 0.120. The molecule has 8 nitrogen and oxygen atoms in total. The Labute approximate surface area is 219 Å². The molecule has 35 heavy (non-hydrogen) atoms. The summed E-state index contributed by atoms with van der Waals surface area (Å²) in [4.78, 5) is 37.2. The number of hydrogen-bond acceptors (Lipinski definition) is 7. The van der Waals surface area contributed by atoms with Crippen LogP contribution in [0.15, 0.2) is 71.6 Å². The number of nitrogens with zero attached hydrogens (tertiary/aromatic N) is 2. The first-order valence-corrected chi connectivity index (χ1v) is 12.3. The number of amides is 2. The van der Waals surface area contributed by atoms with Crippen molar-refractivity contribution in [2.75, 3.05) is 7.11 Å². The largest absolute Gasteiger partial charge is 0.493 e. The predicted octanol–water partition coefficient (Wildman–Crippen LogP) is 6.02. The van der Waals surface area contributed by atoms with E-state index in [1.54, 1.807) is 30.3 Å². The second-order valence-electron chi connectivity index (χ2n) is 7.52. The van der Waals surface area contributed by atoms with Crippen molar-refractivity contribution in [3.8, 4) is 11.5 Å². The number of non-ortho nitro benzene ring substituents is 1. The van der Waals surface area contributed by atoms with Crippen molar-refractivity contribution in [3.63, 3.8) is 0 Å². The minimum absolute atomic E-state index is 0.0433. The Morgan fingerprint density at radius 3 is 2.51 bits per heavy atom. The van der Waals surface area contributed by atoms with Crippen LogP contribution < -0.4 is 9.47 Å². The van der Waals surface area contributed by atoms with Crippen LogP contribution in [0.2, 0.25) is 0 Å². The number of thioether (sulfide) groups is 1. The van der Waals surface area contributed by atoms with Crippen molar-refractivity contribution < 1.29 is 24.0 Å². The Balaban J connectivity index is 1.48. The van der Waals surface area contributed by atoms with Crippen LogP contribution in [-0.2, 0) is 17.9 Å². The van der Waals surface area contributed by atoms with Gasteiger partial charge in [-0.2, -0.15) is 0 Å². The number of halogens is 1. The molecule has 1 aliphatic heterocycles. The Hall–Kier alpha value is -3.38. The average molecular weight is 602 g/mol. The lowest BCUT2D eigenvalue weighted by molar-refractivity contribution is -0.384. The van der Waals surface area contributed by atoms with Crippen LogP contribution in [0.25, 0.3) is 6.08 Å². The minimum atomic E-state index is -0.515. The average Bonchev–Trinajstić information content (AvgIpc) is 3.11. The van der Waals surface area contributed by atoms with Gasteiger partial charge in [-0.15, -0.1) is 0 Å². The second-order valence-corrected chi connectivity index (χ2v) is 9.76. The molecule has 3 aromatic rings. The first kappa shape index (κ1) is 24.7. The van der Waals surface area contributed by atoms with Gasteiger partial charge in [0.1, 0.15) is 6.61 Å². The van der Waals surface area contributed by atoms with Gasteiger partial charge in [-0.05, 0) is 81.4 Å². The van der Waals surface area contributed by atoms with E-state index in [1.807, 2.05) is 24.3 Å². The highest BCUT2D eigenvalue weighted by Crippen LogP contribution is 2.35. The predicted molar refractivity (Wildman–Crippen MR) is 141 cm³/mol. The number of rotatable bonds is 8. The molecular weight excluding hydrogens is 583 g/mol. The molecule has 1 saturated heterocycles. The third-order valence-electron chi connectivity index (χ3n) is 5.13. The zero-order valence-electron chi connectivity index (χ0n) is 18.5. The van der Waals surface area contributed by atoms with Gasteiger partial charge in [0.2, 0.25) is 0 Å². The van der Waals surface area contributed by atoms with Gasteiger partial charge in [0.05, 0.1) is 23.5 Å². The fourth-order valence-electron chi connectivity index (χ4n) is 3.37. The molecule has 0 aliphatic carbocycles. The molecule has 0 radical (unpaired) electrons. The summed E-state index contributed by atoms with van der Waals surface area (Å²) in [6, 6.07) is 19.1. The molecule has 1 aliphatic rings. The van der Waals surface area contributed by atoms with Gasteiger partial charge in [0, 0.05) is 15.7 Å². The number of ether oxygens (including phenoxy) is 2. The number of carbonyl (C=O) groups is 2. The fourth-order valence-corrected chi connectivity index (χ4v) is 4.57. The van der Waals surface area contributed by atoms with E-state index in [-0.39, 0.29) is 17.1 Å². The standard InChI is InChI=1S/C25H19IN2O6S/c1-33-22-12-17(7-10-21(22)34-15-16-5-8-19(26)9-6-16)13-23-24(29)27(25(30)35-23)14-18-3-2-4-20(11-18)28(31)32/h2-13H,14-15H2,1H3. The van der Waals surface area contributed by atoms with Crippen molar-refractivity contribution in [1.29, 1.82) is 0 Å². The zero-order valence-corrected chi connectivity index (χ0v) is 21.4. The first-order valence-electron chi connectivity index (χ1n) is 10.4. The van der Waals surface area contributed by atoms with Crippen molar-refractivity contribution in [1.82, 2.24) is 4.90 Å². The van der Waals surface area contributed by atoms with Gasteiger partial charge in [-0.1, -0.05) is 30.3 Å². The number of hydrogen-bond donors (Lipinski definition) is 0. The van der Waals surface area contributed by atoms with E-state index in [4.69, 9.17) is 9.47 Å². The molecule has 0 atom stereocenters. The quantitative estimate of drug-likeness (QED) is 0.135. The van der Waals surface area contributed by atoms with Crippen molar-refractivity contribution >= 4 is 57.3 Å². The molecule has 10 heteroatoms. The number of methoxy groups -OCH3 is 1. The van der Waals surface area contributed by atoms with Crippen LogP contribution in [0.4, 0.5) is 10.5 Å². The molecule has 178 valence electrons. The highest BCUT2D eigenvalue weighted by molar-refractivity contribution is 14.1. The van der Waals surface area contributed by atoms with E-state index in [0.717, 1.165) is 25.8 Å². The van der Waals surface area contributed by atoms with Gasteiger partial charge in [-0.3, -0.25) is 24.6 Å². The maximum absolute atomic E-state index is 12.9. The maximum Gasteiger partial charge on any atom is 0.293 e. The van der Waals surface area contributed by atoms with Crippen LogP contribution in [0.3, 0.4) is 0 Å². The Kier molecular flexibility index (Phi) is 7.71. The summed E-state index contributed by atoms with van der Waals surface area (Å²) >= 11 is 3.07. The summed E-state index contributed by atoms with van der Waals surface area (Å²) < 4.78 is 12.5. The molecule has 0 spiro atoms. The summed E-state index contributed by atoms with van der Waals surface area (Å²) in [6.07, 6.45) is 1.61. The molecule has 0 unspecified atom stereocenters. The molecule has 2 amide bonds. The summed E-state index contributed by atoms with van der Waals surface area (Å²) in [6.45, 7) is 0.335. The summed E-state index contributed by atoms with van der Waals surface area (Å²) in [5.74, 6) is 0.603. The molecule has 1 fully saturated rings. The molecule has 3 aromatic carbocycles. The smallest absolute Gasteiger partial charge is 0.293 e. The van der Waals surface area contributed by atoms with Crippen molar-refractivity contribution in [2.45, 2.75) is 13.2 Å². The highest BCUT2D eigenvalue weighted by Gasteiger charge is 2.35. The molecule has 0 aromatic heterocycles. The van der Waals surface area contributed by atoms with E-state index in [1.165, 1.54) is 25.3 Å². The second kappa shape index (κ2) is 10.9. The lowest BCUT2D eigenvalue weighted by Gasteiger charge is -2.12. The molecular formula is C25H19IN2O6S. The van der Waals surface area contributed by atoms with E-state index < -0.39 is 16.1 Å². The SMILES string of the molecule is COc1cc(C=C2SC(=O)N(Cc3cccc([N+](=O)[O-])c3)C2=O)ccc1OCc1ccc(I)cc1. The van der Waals surface area contributed by atoms with Gasteiger partial charge in [-0.25, -0.2) is 0 Å². The Morgan fingerprint density at radius 2 is 1.80 bits per heavy atom.